The fourth-order valence-corrected chi connectivity index (χ4v) is 5.32. The van der Waals surface area contributed by atoms with Crippen LogP contribution in [-0.2, 0) is 32.6 Å². The van der Waals surface area contributed by atoms with E-state index >= 15 is 0 Å². The van der Waals surface area contributed by atoms with Crippen LogP contribution in [0.4, 0.5) is 5.69 Å². The Balaban J connectivity index is 2.04. The van der Waals surface area contributed by atoms with E-state index in [2.05, 4.69) is 27.9 Å². The van der Waals surface area contributed by atoms with Gasteiger partial charge in [0.2, 0.25) is 21.8 Å². The smallest absolute Gasteiger partial charge is 0.244 e. The quantitative estimate of drug-likeness (QED) is 0.277. The van der Waals surface area contributed by atoms with Crippen LogP contribution < -0.4 is 14.4 Å². The lowest BCUT2D eigenvalue weighted by Crippen LogP contribution is -2.53. The van der Waals surface area contributed by atoms with Gasteiger partial charge < -0.3 is 15.0 Å². The van der Waals surface area contributed by atoms with Gasteiger partial charge in [-0.3, -0.25) is 13.9 Å². The number of halogens is 1. The number of benzene rings is 3. The lowest BCUT2D eigenvalue weighted by atomic mass is 10.0. The van der Waals surface area contributed by atoms with Gasteiger partial charge in [0.25, 0.3) is 0 Å². The topological polar surface area (TPSA) is 96.0 Å². The highest BCUT2D eigenvalue weighted by molar-refractivity contribution is 14.1. The van der Waals surface area contributed by atoms with Crippen LogP contribution >= 0.6 is 22.6 Å². The van der Waals surface area contributed by atoms with E-state index in [0.717, 1.165) is 31.7 Å². The number of nitrogens with one attached hydrogen (secondary N) is 1. The normalized spacial score (nSPS) is 11.9. The number of ether oxygens (including phenoxy) is 1. The first-order valence-electron chi connectivity index (χ1n) is 12.6. The van der Waals surface area contributed by atoms with Crippen molar-refractivity contribution in [1.82, 2.24) is 10.2 Å². The van der Waals surface area contributed by atoms with Gasteiger partial charge in [-0.15, -0.1) is 0 Å². The first-order valence-corrected chi connectivity index (χ1v) is 15.5. The Bertz CT molecular complexity index is 1350. The van der Waals surface area contributed by atoms with Crippen LogP contribution in [0.3, 0.4) is 0 Å². The van der Waals surface area contributed by atoms with E-state index in [4.69, 9.17) is 4.74 Å². The summed E-state index contributed by atoms with van der Waals surface area (Å²) in [6.07, 6.45) is 2.08. The Hall–Kier alpha value is -3.12. The number of hydrogen-bond acceptors (Lipinski definition) is 5. The molecule has 0 aliphatic rings. The van der Waals surface area contributed by atoms with Gasteiger partial charge in [0.05, 0.1) is 19.1 Å². The molecule has 0 unspecified atom stereocenters. The van der Waals surface area contributed by atoms with Gasteiger partial charge in [-0.2, -0.15) is 0 Å². The fraction of sp³-hybridized carbons (Fsp3) is 0.310. The SMILES string of the molecule is CCCNC(=O)[C@H](Cc1ccccc1)N(Cc1cccc(OC)c1)C(=O)CN(c1ccc(I)cc1)S(C)(=O)=O. The largest absolute Gasteiger partial charge is 0.497 e. The van der Waals surface area contributed by atoms with E-state index in [1.807, 2.05) is 49.4 Å². The second kappa shape index (κ2) is 14.3. The lowest BCUT2D eigenvalue weighted by Gasteiger charge is -2.33. The van der Waals surface area contributed by atoms with Gasteiger partial charge in [0, 0.05) is 23.1 Å². The van der Waals surface area contributed by atoms with E-state index in [9.17, 15) is 18.0 Å². The molecule has 1 atom stereocenters. The minimum atomic E-state index is -3.80. The Labute approximate surface area is 244 Å². The van der Waals surface area contributed by atoms with Crippen molar-refractivity contribution in [3.05, 3.63) is 93.6 Å². The molecule has 0 saturated heterocycles. The fourth-order valence-electron chi connectivity index (χ4n) is 4.11. The average molecular weight is 664 g/mol. The van der Waals surface area contributed by atoms with Crippen LogP contribution in [-0.4, -0.2) is 57.6 Å². The van der Waals surface area contributed by atoms with Crippen molar-refractivity contribution in [3.63, 3.8) is 0 Å². The number of nitrogens with zero attached hydrogens (tertiary/aromatic N) is 2. The van der Waals surface area contributed by atoms with Gasteiger partial charge in [0.15, 0.2) is 0 Å². The summed E-state index contributed by atoms with van der Waals surface area (Å²) in [6, 6.07) is 22.8. The van der Waals surface area contributed by atoms with Gasteiger partial charge in [-0.1, -0.05) is 49.4 Å². The minimum absolute atomic E-state index is 0.0946. The Morgan fingerprint density at radius 2 is 1.64 bits per heavy atom. The van der Waals surface area contributed by atoms with E-state index in [1.54, 1.807) is 43.5 Å². The standard InChI is InChI=1S/C29H34IN3O5S/c1-4-17-31-29(35)27(19-22-9-6-5-7-10-22)32(20-23-11-8-12-26(18-23)38-2)28(34)21-33(39(3,36)37)25-15-13-24(30)14-16-25/h5-16,18,27H,4,17,19-21H2,1-3H3,(H,31,35)/t27-/m0/s1. The van der Waals surface area contributed by atoms with Gasteiger partial charge in [0.1, 0.15) is 18.3 Å². The van der Waals surface area contributed by atoms with E-state index in [1.165, 1.54) is 4.90 Å². The highest BCUT2D eigenvalue weighted by Gasteiger charge is 2.33. The second-order valence-electron chi connectivity index (χ2n) is 9.12. The summed E-state index contributed by atoms with van der Waals surface area (Å²) in [5, 5.41) is 2.93. The molecule has 8 nitrogen and oxygen atoms in total. The molecular formula is C29H34IN3O5S. The molecule has 0 aliphatic heterocycles. The summed E-state index contributed by atoms with van der Waals surface area (Å²) in [4.78, 5) is 29.0. The number of carbonyl (C=O) groups is 2. The molecular weight excluding hydrogens is 629 g/mol. The number of methoxy groups -OCH3 is 1. The number of carbonyl (C=O) groups excluding carboxylic acids is 2. The van der Waals surface area contributed by atoms with Crippen LogP contribution in [0.1, 0.15) is 24.5 Å². The van der Waals surface area contributed by atoms with Crippen molar-refractivity contribution in [3.8, 4) is 5.75 Å². The van der Waals surface area contributed by atoms with Crippen LogP contribution in [0.2, 0.25) is 0 Å². The molecule has 208 valence electrons. The van der Waals surface area contributed by atoms with Crippen molar-refractivity contribution in [1.29, 1.82) is 0 Å². The van der Waals surface area contributed by atoms with Crippen molar-refractivity contribution in [2.24, 2.45) is 0 Å². The van der Waals surface area contributed by atoms with Crippen LogP contribution in [0, 0.1) is 3.57 Å². The molecule has 0 heterocycles. The summed E-state index contributed by atoms with van der Waals surface area (Å²) >= 11 is 2.13. The van der Waals surface area contributed by atoms with Gasteiger partial charge in [-0.25, -0.2) is 8.42 Å². The van der Waals surface area contributed by atoms with Crippen molar-refractivity contribution < 1.29 is 22.7 Å². The molecule has 0 bridgehead atoms. The Morgan fingerprint density at radius 3 is 2.26 bits per heavy atom. The highest BCUT2D eigenvalue weighted by Crippen LogP contribution is 2.22. The molecule has 3 aromatic rings. The van der Waals surface area contributed by atoms with Crippen LogP contribution in [0.5, 0.6) is 5.75 Å². The molecule has 2 amide bonds. The van der Waals surface area contributed by atoms with Crippen LogP contribution in [0.15, 0.2) is 78.9 Å². The highest BCUT2D eigenvalue weighted by atomic mass is 127. The van der Waals surface area contributed by atoms with Crippen LogP contribution in [0.25, 0.3) is 0 Å². The predicted octanol–water partition coefficient (Wildman–Crippen LogP) is 4.23. The molecule has 0 aromatic heterocycles. The van der Waals surface area contributed by atoms with Crippen molar-refractivity contribution >= 4 is 50.1 Å². The zero-order chi connectivity index (χ0) is 28.4. The van der Waals surface area contributed by atoms with E-state index in [-0.39, 0.29) is 18.9 Å². The summed E-state index contributed by atoms with van der Waals surface area (Å²) < 4.78 is 33.0. The number of sulfonamides is 1. The molecule has 3 aromatic carbocycles. The Kier molecular flexibility index (Phi) is 11.2. The number of anilines is 1. The molecule has 10 heteroatoms. The van der Waals surface area contributed by atoms with Gasteiger partial charge >= 0.3 is 0 Å². The summed E-state index contributed by atoms with van der Waals surface area (Å²) in [6.45, 7) is 2.06. The zero-order valence-corrected chi connectivity index (χ0v) is 25.3. The molecule has 0 aliphatic carbocycles. The molecule has 3 rings (SSSR count). The minimum Gasteiger partial charge on any atom is -0.497 e. The summed E-state index contributed by atoms with van der Waals surface area (Å²) in [7, 11) is -2.24. The monoisotopic (exact) mass is 663 g/mol. The third-order valence-electron chi connectivity index (χ3n) is 6.10. The first-order chi connectivity index (χ1) is 18.6. The van der Waals surface area contributed by atoms with Crippen molar-refractivity contribution in [2.75, 3.05) is 30.8 Å². The number of rotatable bonds is 13. The van der Waals surface area contributed by atoms with Gasteiger partial charge in [-0.05, 0) is 76.5 Å². The number of hydrogen-bond donors (Lipinski definition) is 1. The summed E-state index contributed by atoms with van der Waals surface area (Å²) in [5.41, 5.74) is 2.02. The molecule has 39 heavy (non-hydrogen) atoms. The van der Waals surface area contributed by atoms with E-state index in [0.29, 0.717) is 18.0 Å². The molecule has 0 radical (unpaired) electrons. The lowest BCUT2D eigenvalue weighted by molar-refractivity contribution is -0.140. The maximum atomic E-state index is 14.0. The second-order valence-corrected chi connectivity index (χ2v) is 12.3. The van der Waals surface area contributed by atoms with E-state index < -0.39 is 28.5 Å². The third kappa shape index (κ3) is 8.96. The molecule has 0 fully saturated rings. The predicted molar refractivity (Wildman–Crippen MR) is 162 cm³/mol. The molecule has 1 N–H and O–H groups in total. The summed E-state index contributed by atoms with van der Waals surface area (Å²) in [5.74, 6) is -0.168. The number of amides is 2. The maximum Gasteiger partial charge on any atom is 0.244 e. The third-order valence-corrected chi connectivity index (χ3v) is 7.96. The zero-order valence-electron chi connectivity index (χ0n) is 22.3. The Morgan fingerprint density at radius 1 is 0.974 bits per heavy atom. The average Bonchev–Trinajstić information content (AvgIpc) is 2.92. The molecule has 0 saturated carbocycles. The first kappa shape index (κ1) is 30.4. The molecule has 0 spiro atoms. The van der Waals surface area contributed by atoms with Crippen molar-refractivity contribution in [2.45, 2.75) is 32.4 Å². The maximum absolute atomic E-state index is 14.0.